The summed E-state index contributed by atoms with van der Waals surface area (Å²) in [6.07, 6.45) is 0.353. The van der Waals surface area contributed by atoms with Gasteiger partial charge in [-0.2, -0.15) is 5.26 Å². The summed E-state index contributed by atoms with van der Waals surface area (Å²) in [6, 6.07) is 9.06. The van der Waals surface area contributed by atoms with Gasteiger partial charge in [0.1, 0.15) is 11.6 Å². The SMILES string of the molecule is COc1ccc(-c2cc(C)[nH]c(=O)c2C#N)cc1OCCC1OCCO1. The first-order chi connectivity index (χ1) is 12.6. The summed E-state index contributed by atoms with van der Waals surface area (Å²) < 4.78 is 22.0. The standard InChI is InChI=1S/C19H20N2O5/c1-12-9-14(15(11-20)19(22)21-12)13-3-4-16(23-2)17(10-13)24-6-5-18-25-7-8-26-18/h3-4,9-10,18H,5-8H2,1-2H3,(H,21,22). The zero-order valence-corrected chi connectivity index (χ0v) is 14.7. The number of H-pyrrole nitrogens is 1. The Labute approximate surface area is 151 Å². The Morgan fingerprint density at radius 1 is 1.27 bits per heavy atom. The van der Waals surface area contributed by atoms with Crippen molar-refractivity contribution in [2.24, 2.45) is 0 Å². The number of aryl methyl sites for hydroxylation is 1. The molecule has 0 unspecified atom stereocenters. The first kappa shape index (κ1) is 18.0. The number of hydrogen-bond donors (Lipinski definition) is 1. The van der Waals surface area contributed by atoms with Gasteiger partial charge in [0.05, 0.1) is 26.9 Å². The van der Waals surface area contributed by atoms with E-state index in [-0.39, 0.29) is 11.9 Å². The smallest absolute Gasteiger partial charge is 0.266 e. The van der Waals surface area contributed by atoms with Crippen molar-refractivity contribution < 1.29 is 18.9 Å². The Hall–Kier alpha value is -2.82. The molecule has 0 atom stereocenters. The minimum Gasteiger partial charge on any atom is -0.493 e. The first-order valence-corrected chi connectivity index (χ1v) is 8.31. The number of methoxy groups -OCH3 is 1. The molecule has 2 heterocycles. The number of nitrogens with zero attached hydrogens (tertiary/aromatic N) is 1. The lowest BCUT2D eigenvalue weighted by molar-refractivity contribution is -0.0532. The number of rotatable bonds is 6. The maximum Gasteiger partial charge on any atom is 0.266 e. The molecular formula is C19H20N2O5. The second-order valence-electron chi connectivity index (χ2n) is 5.86. The third-order valence-electron chi connectivity index (χ3n) is 4.06. The van der Waals surface area contributed by atoms with Crippen LogP contribution in [0.2, 0.25) is 0 Å². The van der Waals surface area contributed by atoms with Crippen LogP contribution in [0.3, 0.4) is 0 Å². The molecule has 1 saturated heterocycles. The van der Waals surface area contributed by atoms with E-state index in [1.165, 1.54) is 0 Å². The minimum atomic E-state index is -0.406. The molecule has 7 nitrogen and oxygen atoms in total. The van der Waals surface area contributed by atoms with Crippen LogP contribution in [0.15, 0.2) is 29.1 Å². The van der Waals surface area contributed by atoms with Crippen molar-refractivity contribution in [3.8, 4) is 28.7 Å². The molecule has 0 bridgehead atoms. The summed E-state index contributed by atoms with van der Waals surface area (Å²) in [5.41, 5.74) is 1.61. The topological polar surface area (TPSA) is 93.6 Å². The van der Waals surface area contributed by atoms with Crippen molar-refractivity contribution in [3.05, 3.63) is 45.9 Å². The van der Waals surface area contributed by atoms with Crippen molar-refractivity contribution in [3.63, 3.8) is 0 Å². The van der Waals surface area contributed by atoms with Crippen LogP contribution in [0.5, 0.6) is 11.5 Å². The fourth-order valence-corrected chi connectivity index (χ4v) is 2.82. The van der Waals surface area contributed by atoms with Crippen LogP contribution < -0.4 is 15.0 Å². The highest BCUT2D eigenvalue weighted by molar-refractivity contribution is 5.72. The Balaban J connectivity index is 1.87. The van der Waals surface area contributed by atoms with Crippen LogP contribution in [-0.4, -0.2) is 38.2 Å². The lowest BCUT2D eigenvalue weighted by Crippen LogP contribution is -2.13. The van der Waals surface area contributed by atoms with Crippen molar-refractivity contribution in [2.75, 3.05) is 26.9 Å². The maximum absolute atomic E-state index is 12.0. The second kappa shape index (κ2) is 8.04. The van der Waals surface area contributed by atoms with Crippen LogP contribution in [0, 0.1) is 18.3 Å². The van der Waals surface area contributed by atoms with Gasteiger partial charge in [0.15, 0.2) is 17.8 Å². The zero-order chi connectivity index (χ0) is 18.5. The van der Waals surface area contributed by atoms with E-state index in [0.717, 1.165) is 0 Å². The fraction of sp³-hybridized carbons (Fsp3) is 0.368. The number of pyridine rings is 1. The van der Waals surface area contributed by atoms with E-state index in [9.17, 15) is 10.1 Å². The van der Waals surface area contributed by atoms with Gasteiger partial charge in [-0.1, -0.05) is 6.07 Å². The molecule has 1 aromatic heterocycles. The number of benzene rings is 1. The Morgan fingerprint density at radius 3 is 2.73 bits per heavy atom. The molecule has 7 heteroatoms. The van der Waals surface area contributed by atoms with Gasteiger partial charge >= 0.3 is 0 Å². The fourth-order valence-electron chi connectivity index (χ4n) is 2.82. The van der Waals surface area contributed by atoms with E-state index >= 15 is 0 Å². The first-order valence-electron chi connectivity index (χ1n) is 8.31. The van der Waals surface area contributed by atoms with Gasteiger partial charge in [-0.3, -0.25) is 4.79 Å². The molecule has 0 saturated carbocycles. The molecule has 0 spiro atoms. The van der Waals surface area contributed by atoms with Gasteiger partial charge < -0.3 is 23.9 Å². The molecule has 136 valence electrons. The van der Waals surface area contributed by atoms with Gasteiger partial charge in [-0.05, 0) is 30.7 Å². The monoisotopic (exact) mass is 356 g/mol. The molecule has 0 aliphatic carbocycles. The molecule has 1 aromatic carbocycles. The van der Waals surface area contributed by atoms with Crippen LogP contribution in [0.4, 0.5) is 0 Å². The van der Waals surface area contributed by atoms with Crippen molar-refractivity contribution in [2.45, 2.75) is 19.6 Å². The zero-order valence-electron chi connectivity index (χ0n) is 14.7. The van der Waals surface area contributed by atoms with Gasteiger partial charge in [-0.25, -0.2) is 0 Å². The Morgan fingerprint density at radius 2 is 2.04 bits per heavy atom. The molecule has 1 fully saturated rings. The number of nitriles is 1. The van der Waals surface area contributed by atoms with Gasteiger partial charge in [0, 0.05) is 17.7 Å². The van der Waals surface area contributed by atoms with Crippen molar-refractivity contribution in [1.82, 2.24) is 4.98 Å². The molecule has 1 aliphatic rings. The number of aromatic nitrogens is 1. The summed E-state index contributed by atoms with van der Waals surface area (Å²) in [4.78, 5) is 14.7. The predicted molar refractivity (Wildman–Crippen MR) is 94.3 cm³/mol. The Kier molecular flexibility index (Phi) is 5.56. The lowest BCUT2D eigenvalue weighted by Gasteiger charge is -2.14. The van der Waals surface area contributed by atoms with E-state index in [2.05, 4.69) is 4.98 Å². The maximum atomic E-state index is 12.0. The van der Waals surface area contributed by atoms with E-state index in [1.807, 2.05) is 6.07 Å². The van der Waals surface area contributed by atoms with Crippen molar-refractivity contribution >= 4 is 0 Å². The molecule has 1 aliphatic heterocycles. The molecule has 2 aromatic rings. The van der Waals surface area contributed by atoms with Gasteiger partial charge in [-0.15, -0.1) is 0 Å². The normalized spacial score (nSPS) is 14.2. The third-order valence-corrected chi connectivity index (χ3v) is 4.06. The van der Waals surface area contributed by atoms with Crippen LogP contribution >= 0.6 is 0 Å². The Bertz CT molecular complexity index is 878. The summed E-state index contributed by atoms with van der Waals surface area (Å²) in [6.45, 7) is 3.36. The third kappa shape index (κ3) is 3.87. The average molecular weight is 356 g/mol. The highest BCUT2D eigenvalue weighted by Gasteiger charge is 2.17. The number of ether oxygens (including phenoxy) is 4. The van der Waals surface area contributed by atoms with E-state index in [1.54, 1.807) is 38.3 Å². The summed E-state index contributed by atoms with van der Waals surface area (Å²) in [7, 11) is 1.56. The van der Waals surface area contributed by atoms with Gasteiger partial charge in [0.2, 0.25) is 0 Å². The molecular weight excluding hydrogens is 336 g/mol. The summed E-state index contributed by atoms with van der Waals surface area (Å²) in [5, 5.41) is 9.33. The van der Waals surface area contributed by atoms with Crippen molar-refractivity contribution in [1.29, 1.82) is 5.26 Å². The molecule has 0 amide bonds. The van der Waals surface area contributed by atoms with E-state index in [0.29, 0.717) is 54.6 Å². The predicted octanol–water partition coefficient (Wildman–Crippen LogP) is 2.37. The number of aromatic amines is 1. The lowest BCUT2D eigenvalue weighted by atomic mass is 10.0. The minimum absolute atomic E-state index is 0.0690. The molecule has 3 rings (SSSR count). The van der Waals surface area contributed by atoms with Crippen LogP contribution in [0.1, 0.15) is 17.7 Å². The molecule has 26 heavy (non-hydrogen) atoms. The highest BCUT2D eigenvalue weighted by atomic mass is 16.7. The highest BCUT2D eigenvalue weighted by Crippen LogP contribution is 2.33. The number of hydrogen-bond acceptors (Lipinski definition) is 6. The quantitative estimate of drug-likeness (QED) is 0.854. The number of nitrogens with one attached hydrogen (secondary N) is 1. The summed E-state index contributed by atoms with van der Waals surface area (Å²) in [5.74, 6) is 1.10. The molecule has 1 N–H and O–H groups in total. The van der Waals surface area contributed by atoms with E-state index in [4.69, 9.17) is 18.9 Å². The van der Waals surface area contributed by atoms with Crippen LogP contribution in [-0.2, 0) is 9.47 Å². The average Bonchev–Trinajstić information content (AvgIpc) is 3.14. The van der Waals surface area contributed by atoms with Gasteiger partial charge in [0.25, 0.3) is 5.56 Å². The largest absolute Gasteiger partial charge is 0.493 e. The second-order valence-corrected chi connectivity index (χ2v) is 5.86. The molecule has 0 radical (unpaired) electrons. The summed E-state index contributed by atoms with van der Waals surface area (Å²) >= 11 is 0. The van der Waals surface area contributed by atoms with Crippen LogP contribution in [0.25, 0.3) is 11.1 Å². The van der Waals surface area contributed by atoms with E-state index < -0.39 is 5.56 Å².